The van der Waals surface area contributed by atoms with Gasteiger partial charge in [-0.25, -0.2) is 4.98 Å². The molecular weight excluding hydrogens is 336 g/mol. The molecule has 0 radical (unpaired) electrons. The number of hydrogen-bond acceptors (Lipinski definition) is 4. The molecule has 3 aromatic rings. The largest absolute Gasteiger partial charge is 0.480 e. The quantitative estimate of drug-likeness (QED) is 0.552. The zero-order valence-corrected chi connectivity index (χ0v) is 14.2. The van der Waals surface area contributed by atoms with Crippen molar-refractivity contribution in [3.05, 3.63) is 42.2 Å². The molecule has 2 heterocycles. The lowest BCUT2D eigenvalue weighted by atomic mass is 10.1. The summed E-state index contributed by atoms with van der Waals surface area (Å²) in [7, 11) is 0. The van der Waals surface area contributed by atoms with Crippen molar-refractivity contribution < 1.29 is 19.5 Å². The topological polar surface area (TPSA) is 124 Å². The van der Waals surface area contributed by atoms with E-state index in [1.165, 1.54) is 13.8 Å². The highest BCUT2D eigenvalue weighted by molar-refractivity contribution is 6.09. The third-order valence-electron chi connectivity index (χ3n) is 4.09. The van der Waals surface area contributed by atoms with Crippen LogP contribution in [0.3, 0.4) is 0 Å². The molecule has 2 unspecified atom stereocenters. The SMILES string of the molecule is CC(NC(=O)C(C)NC(=O)c1cc2c(cn1)[nH]c1ccccc12)C(=O)O. The fourth-order valence-electron chi connectivity index (χ4n) is 2.61. The number of aliphatic carboxylic acids is 1. The minimum Gasteiger partial charge on any atom is -0.480 e. The van der Waals surface area contributed by atoms with Crippen LogP contribution in [0.4, 0.5) is 0 Å². The fourth-order valence-corrected chi connectivity index (χ4v) is 2.61. The molecule has 0 saturated heterocycles. The molecule has 8 heteroatoms. The molecule has 0 spiro atoms. The second-order valence-corrected chi connectivity index (χ2v) is 6.05. The number of rotatable bonds is 5. The number of hydrogen-bond donors (Lipinski definition) is 4. The average Bonchev–Trinajstić information content (AvgIpc) is 2.99. The number of carboxylic acids is 1. The third-order valence-corrected chi connectivity index (χ3v) is 4.09. The molecular formula is C18H18N4O4. The van der Waals surface area contributed by atoms with Crippen LogP contribution in [0.15, 0.2) is 36.5 Å². The Morgan fingerprint density at radius 1 is 1.04 bits per heavy atom. The van der Waals surface area contributed by atoms with E-state index in [1.54, 1.807) is 12.3 Å². The van der Waals surface area contributed by atoms with Gasteiger partial charge in [0.1, 0.15) is 17.8 Å². The van der Waals surface area contributed by atoms with Crippen LogP contribution in [0.1, 0.15) is 24.3 Å². The third kappa shape index (κ3) is 3.34. The molecule has 0 aliphatic rings. The van der Waals surface area contributed by atoms with Crippen LogP contribution in [-0.4, -0.2) is 44.9 Å². The van der Waals surface area contributed by atoms with Crippen LogP contribution < -0.4 is 10.6 Å². The van der Waals surface area contributed by atoms with Crippen LogP contribution in [0.2, 0.25) is 0 Å². The zero-order chi connectivity index (χ0) is 18.8. The Hall–Kier alpha value is -3.42. The minimum atomic E-state index is -1.15. The number of pyridine rings is 1. The van der Waals surface area contributed by atoms with Gasteiger partial charge in [0.25, 0.3) is 5.91 Å². The van der Waals surface area contributed by atoms with Crippen LogP contribution in [0.25, 0.3) is 21.8 Å². The summed E-state index contributed by atoms with van der Waals surface area (Å²) in [6, 6.07) is 7.42. The van der Waals surface area contributed by atoms with Crippen molar-refractivity contribution in [1.82, 2.24) is 20.6 Å². The van der Waals surface area contributed by atoms with E-state index in [1.807, 2.05) is 24.3 Å². The molecule has 134 valence electrons. The Morgan fingerprint density at radius 2 is 1.77 bits per heavy atom. The molecule has 0 fully saturated rings. The van der Waals surface area contributed by atoms with Gasteiger partial charge in [-0.1, -0.05) is 18.2 Å². The molecule has 0 saturated carbocycles. The summed E-state index contributed by atoms with van der Waals surface area (Å²) in [5.74, 6) is -2.24. The highest BCUT2D eigenvalue weighted by Crippen LogP contribution is 2.24. The second-order valence-electron chi connectivity index (χ2n) is 6.05. The predicted octanol–water partition coefficient (Wildman–Crippen LogP) is 1.42. The van der Waals surface area contributed by atoms with E-state index in [2.05, 4.69) is 20.6 Å². The maximum absolute atomic E-state index is 12.4. The Balaban J connectivity index is 1.78. The van der Waals surface area contributed by atoms with Gasteiger partial charge in [0.2, 0.25) is 5.91 Å². The Bertz CT molecular complexity index is 1010. The summed E-state index contributed by atoms with van der Waals surface area (Å²) in [5.41, 5.74) is 1.93. The molecule has 0 aliphatic heterocycles. The highest BCUT2D eigenvalue weighted by atomic mass is 16.4. The van der Waals surface area contributed by atoms with E-state index in [9.17, 15) is 14.4 Å². The van der Waals surface area contributed by atoms with Gasteiger partial charge < -0.3 is 20.7 Å². The number of carbonyl (C=O) groups excluding carboxylic acids is 2. The summed E-state index contributed by atoms with van der Waals surface area (Å²) in [6.07, 6.45) is 1.57. The Kier molecular flexibility index (Phi) is 4.57. The zero-order valence-electron chi connectivity index (χ0n) is 14.2. The van der Waals surface area contributed by atoms with E-state index in [4.69, 9.17) is 5.11 Å². The van der Waals surface area contributed by atoms with Crippen LogP contribution in [-0.2, 0) is 9.59 Å². The molecule has 2 aromatic heterocycles. The van der Waals surface area contributed by atoms with Crippen molar-refractivity contribution in [2.24, 2.45) is 0 Å². The number of aromatic nitrogens is 2. The van der Waals surface area contributed by atoms with E-state index in [0.29, 0.717) is 0 Å². The highest BCUT2D eigenvalue weighted by Gasteiger charge is 2.21. The number of carboxylic acid groups (broad SMARTS) is 1. The normalized spacial score (nSPS) is 13.3. The van der Waals surface area contributed by atoms with E-state index in [0.717, 1.165) is 21.8 Å². The Labute approximate surface area is 148 Å². The maximum atomic E-state index is 12.4. The van der Waals surface area contributed by atoms with E-state index in [-0.39, 0.29) is 5.69 Å². The van der Waals surface area contributed by atoms with Gasteiger partial charge >= 0.3 is 5.97 Å². The molecule has 1 aromatic carbocycles. The maximum Gasteiger partial charge on any atom is 0.325 e. The minimum absolute atomic E-state index is 0.174. The number of fused-ring (bicyclic) bond motifs is 3. The van der Waals surface area contributed by atoms with Crippen LogP contribution >= 0.6 is 0 Å². The first-order chi connectivity index (χ1) is 12.4. The lowest BCUT2D eigenvalue weighted by Crippen LogP contribution is -2.49. The number of H-pyrrole nitrogens is 1. The average molecular weight is 354 g/mol. The molecule has 0 aliphatic carbocycles. The van der Waals surface area contributed by atoms with Crippen molar-refractivity contribution in [2.45, 2.75) is 25.9 Å². The van der Waals surface area contributed by atoms with Crippen molar-refractivity contribution in [2.75, 3.05) is 0 Å². The molecule has 0 bridgehead atoms. The number of nitrogens with one attached hydrogen (secondary N) is 3. The molecule has 8 nitrogen and oxygen atoms in total. The molecule has 4 N–H and O–H groups in total. The fraction of sp³-hybridized carbons (Fsp3) is 0.222. The lowest BCUT2D eigenvalue weighted by molar-refractivity contribution is -0.141. The number of amides is 2. The van der Waals surface area contributed by atoms with Crippen molar-refractivity contribution in [3.8, 4) is 0 Å². The van der Waals surface area contributed by atoms with Gasteiger partial charge in [-0.3, -0.25) is 14.4 Å². The summed E-state index contributed by atoms with van der Waals surface area (Å²) >= 11 is 0. The summed E-state index contributed by atoms with van der Waals surface area (Å²) in [4.78, 5) is 42.5. The number of nitrogens with zero attached hydrogens (tertiary/aromatic N) is 1. The summed E-state index contributed by atoms with van der Waals surface area (Å²) < 4.78 is 0. The number of benzene rings is 1. The second kappa shape index (κ2) is 6.83. The first-order valence-corrected chi connectivity index (χ1v) is 8.07. The first kappa shape index (κ1) is 17.4. The van der Waals surface area contributed by atoms with Crippen LogP contribution in [0, 0.1) is 0 Å². The van der Waals surface area contributed by atoms with Gasteiger partial charge in [0, 0.05) is 16.3 Å². The Morgan fingerprint density at radius 3 is 2.50 bits per heavy atom. The van der Waals surface area contributed by atoms with Gasteiger partial charge in [-0.15, -0.1) is 0 Å². The molecule has 26 heavy (non-hydrogen) atoms. The van der Waals surface area contributed by atoms with Gasteiger partial charge in [0.15, 0.2) is 0 Å². The van der Waals surface area contributed by atoms with Gasteiger partial charge in [-0.2, -0.15) is 0 Å². The molecule has 2 atom stereocenters. The monoisotopic (exact) mass is 354 g/mol. The van der Waals surface area contributed by atoms with Gasteiger partial charge in [0.05, 0.1) is 11.7 Å². The van der Waals surface area contributed by atoms with E-state index < -0.39 is 29.9 Å². The number of carbonyl (C=O) groups is 3. The van der Waals surface area contributed by atoms with Crippen molar-refractivity contribution in [1.29, 1.82) is 0 Å². The first-order valence-electron chi connectivity index (χ1n) is 8.07. The number of aromatic amines is 1. The van der Waals surface area contributed by atoms with Gasteiger partial charge in [-0.05, 0) is 26.0 Å². The molecule has 2 amide bonds. The van der Waals surface area contributed by atoms with E-state index >= 15 is 0 Å². The lowest BCUT2D eigenvalue weighted by Gasteiger charge is -2.16. The summed E-state index contributed by atoms with van der Waals surface area (Å²) in [6.45, 7) is 2.83. The van der Waals surface area contributed by atoms with Crippen molar-refractivity contribution in [3.63, 3.8) is 0 Å². The van der Waals surface area contributed by atoms with Crippen molar-refractivity contribution >= 4 is 39.6 Å². The van der Waals surface area contributed by atoms with Crippen LogP contribution in [0.5, 0.6) is 0 Å². The predicted molar refractivity (Wildman–Crippen MR) is 95.8 cm³/mol. The molecule has 3 rings (SSSR count). The number of para-hydroxylation sites is 1. The smallest absolute Gasteiger partial charge is 0.325 e. The standard InChI is InChI=1S/C18H18N4O4/c1-9(16(23)21-10(2)18(25)26)20-17(24)14-7-12-11-5-3-4-6-13(11)22-15(12)8-19-14/h3-10,22H,1-2H3,(H,20,24)(H,21,23)(H,25,26). The summed E-state index contributed by atoms with van der Waals surface area (Å²) in [5, 5.41) is 15.5.